The van der Waals surface area contributed by atoms with Crippen LogP contribution in [0.5, 0.6) is 0 Å². The van der Waals surface area contributed by atoms with Crippen molar-refractivity contribution < 1.29 is 8.42 Å². The summed E-state index contributed by atoms with van der Waals surface area (Å²) in [5.74, 6) is 0. The molecule has 0 saturated carbocycles. The molecule has 1 aromatic rings. The molecule has 0 aromatic carbocycles. The van der Waals surface area contributed by atoms with Gasteiger partial charge in [0.1, 0.15) is 0 Å². The number of thiophene rings is 1. The first-order chi connectivity index (χ1) is 8.86. The molecule has 5 nitrogen and oxygen atoms in total. The number of hydrogen-bond donors (Lipinski definition) is 1. The zero-order valence-electron chi connectivity index (χ0n) is 11.0. The lowest BCUT2D eigenvalue weighted by molar-refractivity contribution is 0.164. The van der Waals surface area contributed by atoms with E-state index < -0.39 is 10.0 Å². The molecule has 1 atom stereocenters. The lowest BCUT2D eigenvalue weighted by atomic mass is 10.2. The second-order valence-corrected chi connectivity index (χ2v) is 9.23. The fourth-order valence-corrected chi connectivity index (χ4v) is 6.32. The molecule has 0 radical (unpaired) electrons. The van der Waals surface area contributed by atoms with Gasteiger partial charge in [-0.15, -0.1) is 11.3 Å². The van der Waals surface area contributed by atoms with E-state index in [0.29, 0.717) is 24.5 Å². The third kappa shape index (κ3) is 3.03. The van der Waals surface area contributed by atoms with Crippen LogP contribution < -0.4 is 5.73 Å². The van der Waals surface area contributed by atoms with Gasteiger partial charge in [-0.2, -0.15) is 4.31 Å². The van der Waals surface area contributed by atoms with Crippen molar-refractivity contribution in [2.45, 2.75) is 17.9 Å². The molecular weight excluding hydrogens is 350 g/mol. The summed E-state index contributed by atoms with van der Waals surface area (Å²) in [6, 6.07) is 1.53. The van der Waals surface area contributed by atoms with Gasteiger partial charge in [-0.05, 0) is 36.0 Å². The van der Waals surface area contributed by atoms with E-state index in [9.17, 15) is 8.42 Å². The van der Waals surface area contributed by atoms with Crippen molar-refractivity contribution >= 4 is 37.3 Å². The summed E-state index contributed by atoms with van der Waals surface area (Å²) in [5, 5.41) is 0. The molecule has 1 fully saturated rings. The molecule has 1 aliphatic rings. The minimum absolute atomic E-state index is 0.151. The maximum absolute atomic E-state index is 12.7. The largest absolute Gasteiger partial charge is 0.329 e. The van der Waals surface area contributed by atoms with E-state index in [1.165, 1.54) is 11.3 Å². The van der Waals surface area contributed by atoms with Crippen LogP contribution in [0, 0.1) is 6.92 Å². The van der Waals surface area contributed by atoms with Crippen LogP contribution in [0.25, 0.3) is 0 Å². The van der Waals surface area contributed by atoms with Gasteiger partial charge in [0.05, 0.1) is 14.7 Å². The Bertz CT molecular complexity index is 558. The van der Waals surface area contributed by atoms with E-state index >= 15 is 0 Å². The van der Waals surface area contributed by atoms with E-state index in [0.717, 1.165) is 15.2 Å². The maximum atomic E-state index is 12.7. The molecule has 2 heterocycles. The standard InChI is InChI=1S/C11H18BrN3O2S2/c1-8-10(5-11(12)18-8)19(16,17)15-4-3-14(2)7-9(15)6-13/h5,9H,3-4,6-7,13H2,1-2H3. The molecule has 0 amide bonds. The second-order valence-electron chi connectivity index (χ2n) is 4.74. The van der Waals surface area contributed by atoms with Crippen molar-refractivity contribution in [1.29, 1.82) is 0 Å². The Kier molecular flexibility index (Phi) is 4.69. The fourth-order valence-electron chi connectivity index (χ4n) is 2.32. The highest BCUT2D eigenvalue weighted by atomic mass is 79.9. The van der Waals surface area contributed by atoms with E-state index in [1.54, 1.807) is 10.4 Å². The summed E-state index contributed by atoms with van der Waals surface area (Å²) in [4.78, 5) is 3.31. The zero-order chi connectivity index (χ0) is 14.2. The number of piperazine rings is 1. The predicted molar refractivity (Wildman–Crippen MR) is 81.0 cm³/mol. The van der Waals surface area contributed by atoms with Crippen LogP contribution in [0.15, 0.2) is 14.7 Å². The predicted octanol–water partition coefficient (Wildman–Crippen LogP) is 1.08. The summed E-state index contributed by atoms with van der Waals surface area (Å²) >= 11 is 4.78. The highest BCUT2D eigenvalue weighted by molar-refractivity contribution is 9.11. The minimum Gasteiger partial charge on any atom is -0.329 e. The van der Waals surface area contributed by atoms with Gasteiger partial charge < -0.3 is 10.6 Å². The monoisotopic (exact) mass is 367 g/mol. The molecule has 1 saturated heterocycles. The molecule has 1 aliphatic heterocycles. The quantitative estimate of drug-likeness (QED) is 0.867. The summed E-state index contributed by atoms with van der Waals surface area (Å²) in [6.07, 6.45) is 0. The number of nitrogens with two attached hydrogens (primary N) is 1. The number of likely N-dealkylation sites (N-methyl/N-ethyl adjacent to an activating group) is 1. The lowest BCUT2D eigenvalue weighted by Crippen LogP contribution is -2.56. The van der Waals surface area contributed by atoms with Crippen molar-refractivity contribution in [3.05, 3.63) is 14.7 Å². The first kappa shape index (κ1) is 15.4. The average Bonchev–Trinajstić information content (AvgIpc) is 2.68. The first-order valence-electron chi connectivity index (χ1n) is 6.02. The van der Waals surface area contributed by atoms with Crippen molar-refractivity contribution in [2.75, 3.05) is 33.2 Å². The number of nitrogens with zero attached hydrogens (tertiary/aromatic N) is 2. The smallest absolute Gasteiger partial charge is 0.244 e. The highest BCUT2D eigenvalue weighted by Gasteiger charge is 2.35. The van der Waals surface area contributed by atoms with Crippen molar-refractivity contribution in [2.24, 2.45) is 5.73 Å². The van der Waals surface area contributed by atoms with E-state index in [-0.39, 0.29) is 6.04 Å². The van der Waals surface area contributed by atoms with Crippen LogP contribution >= 0.6 is 27.3 Å². The molecule has 8 heteroatoms. The third-order valence-electron chi connectivity index (χ3n) is 3.33. The van der Waals surface area contributed by atoms with Crippen molar-refractivity contribution in [3.63, 3.8) is 0 Å². The molecule has 19 heavy (non-hydrogen) atoms. The summed E-state index contributed by atoms with van der Waals surface area (Å²) in [7, 11) is -1.46. The summed E-state index contributed by atoms with van der Waals surface area (Å²) in [6.45, 7) is 4.08. The van der Waals surface area contributed by atoms with Crippen LogP contribution in [0.4, 0.5) is 0 Å². The Labute approximate surface area is 126 Å². The number of halogens is 1. The van der Waals surface area contributed by atoms with Gasteiger partial charge in [0, 0.05) is 31.1 Å². The first-order valence-corrected chi connectivity index (χ1v) is 9.07. The fraction of sp³-hybridized carbons (Fsp3) is 0.636. The molecule has 1 unspecified atom stereocenters. The van der Waals surface area contributed by atoms with Crippen molar-refractivity contribution in [1.82, 2.24) is 9.21 Å². The molecule has 2 rings (SSSR count). The SMILES string of the molecule is Cc1sc(Br)cc1S(=O)(=O)N1CCN(C)CC1CN. The molecular formula is C11H18BrN3O2S2. The Morgan fingerprint density at radius 2 is 2.21 bits per heavy atom. The maximum Gasteiger partial charge on any atom is 0.244 e. The molecule has 0 aliphatic carbocycles. The van der Waals surface area contributed by atoms with Crippen LogP contribution in [0.1, 0.15) is 4.88 Å². The Hall–Kier alpha value is 0.01000. The van der Waals surface area contributed by atoms with Crippen LogP contribution in [-0.2, 0) is 10.0 Å². The summed E-state index contributed by atoms with van der Waals surface area (Å²) in [5.41, 5.74) is 5.73. The van der Waals surface area contributed by atoms with Gasteiger partial charge in [0.25, 0.3) is 0 Å². The van der Waals surface area contributed by atoms with Crippen LogP contribution in [0.3, 0.4) is 0 Å². The zero-order valence-corrected chi connectivity index (χ0v) is 14.2. The van der Waals surface area contributed by atoms with Crippen molar-refractivity contribution in [3.8, 4) is 0 Å². The average molecular weight is 368 g/mol. The van der Waals surface area contributed by atoms with E-state index in [4.69, 9.17) is 5.73 Å². The third-order valence-corrected chi connectivity index (χ3v) is 7.09. The van der Waals surface area contributed by atoms with Crippen LogP contribution in [0.2, 0.25) is 0 Å². The highest BCUT2D eigenvalue weighted by Crippen LogP contribution is 2.32. The van der Waals surface area contributed by atoms with E-state index in [1.807, 2.05) is 14.0 Å². The second kappa shape index (κ2) is 5.79. The Morgan fingerprint density at radius 1 is 1.53 bits per heavy atom. The van der Waals surface area contributed by atoms with Gasteiger partial charge in [-0.3, -0.25) is 0 Å². The topological polar surface area (TPSA) is 66.6 Å². The van der Waals surface area contributed by atoms with Crippen LogP contribution in [-0.4, -0.2) is 56.9 Å². The number of aryl methyl sites for hydroxylation is 1. The molecule has 1 aromatic heterocycles. The molecule has 0 bridgehead atoms. The number of sulfonamides is 1. The molecule has 108 valence electrons. The molecule has 2 N–H and O–H groups in total. The Morgan fingerprint density at radius 3 is 2.74 bits per heavy atom. The summed E-state index contributed by atoms with van der Waals surface area (Å²) < 4.78 is 27.9. The van der Waals surface area contributed by atoms with E-state index in [2.05, 4.69) is 20.8 Å². The van der Waals surface area contributed by atoms with Gasteiger partial charge >= 0.3 is 0 Å². The van der Waals surface area contributed by atoms with Gasteiger partial charge in [0.15, 0.2) is 0 Å². The Balaban J connectivity index is 2.36. The normalized spacial score (nSPS) is 22.8. The number of hydrogen-bond acceptors (Lipinski definition) is 5. The minimum atomic E-state index is -3.45. The number of rotatable bonds is 3. The molecule has 0 spiro atoms. The van der Waals surface area contributed by atoms with Gasteiger partial charge in [0.2, 0.25) is 10.0 Å². The van der Waals surface area contributed by atoms with Gasteiger partial charge in [-0.1, -0.05) is 0 Å². The lowest BCUT2D eigenvalue weighted by Gasteiger charge is -2.38. The van der Waals surface area contributed by atoms with Gasteiger partial charge in [-0.25, -0.2) is 8.42 Å².